The second kappa shape index (κ2) is 12.0. The average molecular weight is 626 g/mol. The number of benzene rings is 7. The highest BCUT2D eigenvalue weighted by Gasteiger charge is 2.47. The molecule has 0 atom stereocenters. The molecule has 0 aliphatic heterocycles. The monoisotopic (exact) mass is 625 g/mol. The third-order valence-corrected chi connectivity index (χ3v) is 9.63. The van der Waals surface area contributed by atoms with Crippen molar-refractivity contribution in [1.82, 2.24) is 15.0 Å². The van der Waals surface area contributed by atoms with E-state index in [4.69, 9.17) is 15.0 Å². The van der Waals surface area contributed by atoms with Gasteiger partial charge in [-0.1, -0.05) is 188 Å². The lowest BCUT2D eigenvalue weighted by Crippen LogP contribution is -2.29. The van der Waals surface area contributed by atoms with Crippen LogP contribution in [-0.2, 0) is 5.41 Å². The molecule has 3 nitrogen and oxygen atoms in total. The summed E-state index contributed by atoms with van der Waals surface area (Å²) in [4.78, 5) is 14.8. The molecule has 9 rings (SSSR count). The minimum absolute atomic E-state index is 0.479. The zero-order chi connectivity index (χ0) is 32.6. The highest BCUT2D eigenvalue weighted by atomic mass is 15.0. The predicted octanol–water partition coefficient (Wildman–Crippen LogP) is 10.9. The Balaban J connectivity index is 1.22. The van der Waals surface area contributed by atoms with E-state index in [0.29, 0.717) is 17.5 Å². The summed E-state index contributed by atoms with van der Waals surface area (Å²) < 4.78 is 0. The van der Waals surface area contributed by atoms with Crippen LogP contribution in [0.25, 0.3) is 56.4 Å². The molecule has 0 saturated carbocycles. The van der Waals surface area contributed by atoms with Gasteiger partial charge in [0.25, 0.3) is 0 Å². The van der Waals surface area contributed by atoms with E-state index >= 15 is 0 Å². The van der Waals surface area contributed by atoms with Gasteiger partial charge in [0, 0.05) is 16.7 Å². The van der Waals surface area contributed by atoms with Gasteiger partial charge in [-0.05, 0) is 44.5 Å². The zero-order valence-electron chi connectivity index (χ0n) is 26.7. The molecule has 0 N–H and O–H groups in total. The summed E-state index contributed by atoms with van der Waals surface area (Å²) in [6.07, 6.45) is 0. The van der Waals surface area contributed by atoms with Crippen LogP contribution in [0.15, 0.2) is 188 Å². The zero-order valence-corrected chi connectivity index (χ0v) is 26.7. The molecule has 49 heavy (non-hydrogen) atoms. The van der Waals surface area contributed by atoms with Gasteiger partial charge >= 0.3 is 0 Å². The lowest BCUT2D eigenvalue weighted by Gasteiger charge is -2.35. The van der Waals surface area contributed by atoms with Crippen molar-refractivity contribution in [2.24, 2.45) is 0 Å². The van der Waals surface area contributed by atoms with Crippen LogP contribution in [0.3, 0.4) is 0 Å². The fourth-order valence-electron chi connectivity index (χ4n) is 7.48. The maximum Gasteiger partial charge on any atom is 0.164 e. The van der Waals surface area contributed by atoms with E-state index in [9.17, 15) is 0 Å². The topological polar surface area (TPSA) is 38.7 Å². The fraction of sp³-hybridized carbons (Fsp3) is 0.0217. The van der Waals surface area contributed by atoms with Gasteiger partial charge < -0.3 is 0 Å². The van der Waals surface area contributed by atoms with Gasteiger partial charge in [-0.15, -0.1) is 0 Å². The van der Waals surface area contributed by atoms with Crippen molar-refractivity contribution in [3.05, 3.63) is 210 Å². The van der Waals surface area contributed by atoms with Gasteiger partial charge in [0.05, 0.1) is 5.41 Å². The summed E-state index contributed by atoms with van der Waals surface area (Å²) in [5.74, 6) is 1.96. The van der Waals surface area contributed by atoms with E-state index in [1.165, 1.54) is 38.9 Å². The Labute approximate surface area is 286 Å². The first-order chi connectivity index (χ1) is 24.3. The molecule has 8 aromatic rings. The van der Waals surface area contributed by atoms with Crippen LogP contribution in [-0.4, -0.2) is 15.0 Å². The average Bonchev–Trinajstić information content (AvgIpc) is 3.50. The molecule has 0 bridgehead atoms. The summed E-state index contributed by atoms with van der Waals surface area (Å²) >= 11 is 0. The van der Waals surface area contributed by atoms with Crippen LogP contribution in [0, 0.1) is 0 Å². The molecule has 0 unspecified atom stereocenters. The van der Waals surface area contributed by atoms with E-state index in [1.807, 2.05) is 60.7 Å². The molecular weight excluding hydrogens is 595 g/mol. The molecule has 3 heteroatoms. The maximum absolute atomic E-state index is 4.97. The smallest absolute Gasteiger partial charge is 0.164 e. The molecule has 1 aliphatic rings. The minimum Gasteiger partial charge on any atom is -0.208 e. The van der Waals surface area contributed by atoms with Crippen molar-refractivity contribution < 1.29 is 0 Å². The lowest BCUT2D eigenvalue weighted by atomic mass is 9.66. The van der Waals surface area contributed by atoms with E-state index in [2.05, 4.69) is 127 Å². The molecule has 230 valence electrons. The van der Waals surface area contributed by atoms with Crippen LogP contribution >= 0.6 is 0 Å². The molecule has 1 aromatic heterocycles. The first kappa shape index (κ1) is 28.7. The van der Waals surface area contributed by atoms with Crippen molar-refractivity contribution >= 4 is 0 Å². The van der Waals surface area contributed by atoms with Gasteiger partial charge in [0.1, 0.15) is 0 Å². The summed E-state index contributed by atoms with van der Waals surface area (Å²) in [5, 5.41) is 0. The third kappa shape index (κ3) is 4.78. The molecule has 0 spiro atoms. The van der Waals surface area contributed by atoms with Crippen LogP contribution < -0.4 is 0 Å². The Morgan fingerprint density at radius 1 is 0.286 bits per heavy atom. The van der Waals surface area contributed by atoms with Gasteiger partial charge in [-0.25, -0.2) is 15.0 Å². The molecule has 1 heterocycles. The minimum atomic E-state index is -0.479. The first-order valence-corrected chi connectivity index (χ1v) is 16.6. The van der Waals surface area contributed by atoms with Gasteiger partial charge in [-0.2, -0.15) is 0 Å². The molecule has 0 fully saturated rings. The number of hydrogen-bond donors (Lipinski definition) is 0. The summed E-state index contributed by atoms with van der Waals surface area (Å²) in [6, 6.07) is 66.4. The summed E-state index contributed by atoms with van der Waals surface area (Å²) in [5.41, 5.74) is 12.4. The van der Waals surface area contributed by atoms with Crippen LogP contribution in [0.2, 0.25) is 0 Å². The van der Waals surface area contributed by atoms with Gasteiger partial charge in [0.2, 0.25) is 0 Å². The molecule has 7 aromatic carbocycles. The van der Waals surface area contributed by atoms with Crippen molar-refractivity contribution in [3.63, 3.8) is 0 Å². The second-order valence-corrected chi connectivity index (χ2v) is 12.4. The first-order valence-electron chi connectivity index (χ1n) is 16.6. The van der Waals surface area contributed by atoms with Gasteiger partial charge in [0.15, 0.2) is 17.5 Å². The van der Waals surface area contributed by atoms with E-state index in [0.717, 1.165) is 22.3 Å². The maximum atomic E-state index is 4.97. The van der Waals surface area contributed by atoms with E-state index in [-0.39, 0.29) is 0 Å². The largest absolute Gasteiger partial charge is 0.208 e. The summed E-state index contributed by atoms with van der Waals surface area (Å²) in [7, 11) is 0. The Morgan fingerprint density at radius 3 is 1.20 bits per heavy atom. The lowest BCUT2D eigenvalue weighted by molar-refractivity contribution is 0.770. The van der Waals surface area contributed by atoms with Crippen LogP contribution in [0.5, 0.6) is 0 Å². The van der Waals surface area contributed by atoms with Crippen molar-refractivity contribution in [1.29, 1.82) is 0 Å². The predicted molar refractivity (Wildman–Crippen MR) is 199 cm³/mol. The molecule has 0 saturated heterocycles. The van der Waals surface area contributed by atoms with Crippen molar-refractivity contribution in [3.8, 4) is 56.4 Å². The molecular formula is C46H31N3. The molecule has 0 amide bonds. The SMILES string of the molecule is c1ccc(-c2nc(-c3ccccc3)nc(-c3ccc(-c4cccc5c4C(c4ccccc4)(c4ccccc4)c4ccccc4-5)cc3)n2)cc1. The number of nitrogens with zero attached hydrogens (tertiary/aromatic N) is 3. The Hall–Kier alpha value is -6.45. The Bertz CT molecular complexity index is 2310. The normalized spacial score (nSPS) is 12.7. The second-order valence-electron chi connectivity index (χ2n) is 12.4. The van der Waals surface area contributed by atoms with Crippen molar-refractivity contribution in [2.45, 2.75) is 5.41 Å². The standard InChI is InChI=1S/C46H31N3/c1-5-16-33(17-6-1)43-47-44(34-18-7-2-8-19-34)49-45(48-43)35-30-28-32(29-31-35)38-25-15-26-40-39-24-13-14-27-41(39)46(42(38)40,36-20-9-3-10-21-36)37-22-11-4-12-23-37/h1-31H. The Kier molecular flexibility index (Phi) is 7.02. The van der Waals surface area contributed by atoms with Crippen molar-refractivity contribution in [2.75, 3.05) is 0 Å². The number of fused-ring (bicyclic) bond motifs is 3. The third-order valence-electron chi connectivity index (χ3n) is 9.63. The molecule has 1 aliphatic carbocycles. The van der Waals surface area contributed by atoms with Crippen LogP contribution in [0.4, 0.5) is 0 Å². The number of aromatic nitrogens is 3. The van der Waals surface area contributed by atoms with Gasteiger partial charge in [-0.3, -0.25) is 0 Å². The van der Waals surface area contributed by atoms with Crippen LogP contribution in [0.1, 0.15) is 22.3 Å². The van der Waals surface area contributed by atoms with E-state index < -0.39 is 5.41 Å². The quantitative estimate of drug-likeness (QED) is 0.185. The highest BCUT2D eigenvalue weighted by molar-refractivity contribution is 5.92. The fourth-order valence-corrected chi connectivity index (χ4v) is 7.48. The Morgan fingerprint density at radius 2 is 0.673 bits per heavy atom. The number of hydrogen-bond acceptors (Lipinski definition) is 3. The number of rotatable bonds is 6. The highest BCUT2D eigenvalue weighted by Crippen LogP contribution is 2.58. The van der Waals surface area contributed by atoms with E-state index in [1.54, 1.807) is 0 Å². The summed E-state index contributed by atoms with van der Waals surface area (Å²) in [6.45, 7) is 0. The molecule has 0 radical (unpaired) electrons.